The van der Waals surface area contributed by atoms with E-state index in [-0.39, 0.29) is 5.91 Å². The van der Waals surface area contributed by atoms with Gasteiger partial charge in [-0.2, -0.15) is 0 Å². The summed E-state index contributed by atoms with van der Waals surface area (Å²) in [4.78, 5) is 26.0. The average Bonchev–Trinajstić information content (AvgIpc) is 2.94. The number of carbonyl (C=O) groups excluding carboxylic acids is 2. The molecule has 22 heavy (non-hydrogen) atoms. The smallest absolute Gasteiger partial charge is 0.340 e. The number of anilines is 1. The number of hydrogen-bond donors (Lipinski definition) is 1. The Morgan fingerprint density at radius 3 is 2.73 bits per heavy atom. The van der Waals surface area contributed by atoms with Gasteiger partial charge in [0.25, 0.3) is 5.91 Å². The molecule has 2 aromatic rings. The molecule has 0 fully saturated rings. The molecule has 0 spiro atoms. The first-order chi connectivity index (χ1) is 10.5. The van der Waals surface area contributed by atoms with E-state index in [1.54, 1.807) is 17.5 Å². The Labute approximate surface area is 133 Å². The molecule has 1 aromatic carbocycles. The number of methoxy groups -OCH3 is 1. The number of rotatable bonds is 5. The maximum Gasteiger partial charge on any atom is 0.340 e. The van der Waals surface area contributed by atoms with Gasteiger partial charge in [-0.25, -0.2) is 4.79 Å². The van der Waals surface area contributed by atoms with Crippen molar-refractivity contribution in [1.29, 1.82) is 0 Å². The largest absolute Gasteiger partial charge is 0.465 e. The topological polar surface area (TPSA) is 58.6 Å². The number of ether oxygens (including phenoxy) is 1. The van der Waals surface area contributed by atoms with Gasteiger partial charge in [0.1, 0.15) is 5.00 Å². The van der Waals surface area contributed by atoms with Crippen LogP contribution >= 0.6 is 11.3 Å². The van der Waals surface area contributed by atoms with E-state index in [2.05, 4.69) is 5.32 Å². The molecule has 0 radical (unpaired) electrons. The molecule has 0 saturated heterocycles. The third-order valence-electron chi connectivity index (χ3n) is 2.99. The maximum absolute atomic E-state index is 12.3. The zero-order valence-corrected chi connectivity index (χ0v) is 13.6. The second-order valence-corrected chi connectivity index (χ2v) is 5.96. The van der Waals surface area contributed by atoms with Crippen molar-refractivity contribution in [3.05, 3.63) is 52.4 Å². The normalized spacial score (nSPS) is 10.5. The van der Waals surface area contributed by atoms with Gasteiger partial charge in [-0.1, -0.05) is 12.1 Å². The van der Waals surface area contributed by atoms with Crippen molar-refractivity contribution in [2.75, 3.05) is 26.5 Å². The van der Waals surface area contributed by atoms with Crippen molar-refractivity contribution >= 4 is 28.2 Å². The van der Waals surface area contributed by atoms with Crippen LogP contribution in [-0.4, -0.2) is 38.0 Å². The number of nitrogens with zero attached hydrogens (tertiary/aromatic N) is 1. The minimum absolute atomic E-state index is 0.242. The molecule has 0 bridgehead atoms. The highest BCUT2D eigenvalue weighted by Crippen LogP contribution is 2.24. The van der Waals surface area contributed by atoms with Crippen LogP contribution in [0.3, 0.4) is 0 Å². The summed E-state index contributed by atoms with van der Waals surface area (Å²) in [6.45, 7) is 0.757. The first-order valence-corrected chi connectivity index (χ1v) is 7.60. The number of amides is 1. The van der Waals surface area contributed by atoms with Crippen LogP contribution < -0.4 is 5.32 Å². The van der Waals surface area contributed by atoms with Gasteiger partial charge in [-0.15, -0.1) is 11.3 Å². The lowest BCUT2D eigenvalue weighted by molar-refractivity contribution is 0.0602. The zero-order chi connectivity index (χ0) is 16.1. The summed E-state index contributed by atoms with van der Waals surface area (Å²) in [7, 11) is 5.26. The number of nitrogens with one attached hydrogen (secondary N) is 1. The van der Waals surface area contributed by atoms with Crippen molar-refractivity contribution in [3.8, 4) is 0 Å². The van der Waals surface area contributed by atoms with Crippen LogP contribution in [0.2, 0.25) is 0 Å². The molecule has 0 atom stereocenters. The standard InChI is InChI=1S/C16H18N2O3S/c1-18(2)10-11-5-4-6-12(9-11)14(19)17-15-13(7-8-22-15)16(20)21-3/h4-9H,10H2,1-3H3,(H,17,19). The number of carbonyl (C=O) groups is 2. The fourth-order valence-electron chi connectivity index (χ4n) is 2.03. The SMILES string of the molecule is COC(=O)c1ccsc1NC(=O)c1cccc(CN(C)C)c1. The fraction of sp³-hybridized carbons (Fsp3) is 0.250. The number of esters is 1. The van der Waals surface area contributed by atoms with E-state index in [1.807, 2.05) is 37.2 Å². The lowest BCUT2D eigenvalue weighted by atomic mass is 10.1. The molecule has 5 nitrogen and oxygen atoms in total. The monoisotopic (exact) mass is 318 g/mol. The second-order valence-electron chi connectivity index (χ2n) is 5.05. The Bertz CT molecular complexity index is 680. The summed E-state index contributed by atoms with van der Waals surface area (Å²) in [6, 6.07) is 9.06. The van der Waals surface area contributed by atoms with Crippen molar-refractivity contribution in [2.45, 2.75) is 6.54 Å². The Hall–Kier alpha value is -2.18. The Morgan fingerprint density at radius 2 is 2.05 bits per heavy atom. The zero-order valence-electron chi connectivity index (χ0n) is 12.8. The van der Waals surface area contributed by atoms with E-state index >= 15 is 0 Å². The number of hydrogen-bond acceptors (Lipinski definition) is 5. The van der Waals surface area contributed by atoms with E-state index in [9.17, 15) is 9.59 Å². The second kappa shape index (κ2) is 7.20. The van der Waals surface area contributed by atoms with E-state index in [0.29, 0.717) is 16.1 Å². The van der Waals surface area contributed by atoms with Gasteiger partial charge in [-0.05, 0) is 43.2 Å². The highest BCUT2D eigenvalue weighted by molar-refractivity contribution is 7.14. The Morgan fingerprint density at radius 1 is 1.27 bits per heavy atom. The highest BCUT2D eigenvalue weighted by Gasteiger charge is 2.16. The van der Waals surface area contributed by atoms with E-state index in [0.717, 1.165) is 12.1 Å². The molecule has 1 heterocycles. The van der Waals surface area contributed by atoms with Crippen LogP contribution in [0, 0.1) is 0 Å². The Kier molecular flexibility index (Phi) is 5.30. The third kappa shape index (κ3) is 3.93. The quantitative estimate of drug-likeness (QED) is 0.861. The van der Waals surface area contributed by atoms with Gasteiger partial charge >= 0.3 is 5.97 Å². The van der Waals surface area contributed by atoms with Crippen LogP contribution in [0.4, 0.5) is 5.00 Å². The van der Waals surface area contributed by atoms with Crippen LogP contribution in [0.25, 0.3) is 0 Å². The predicted octanol–water partition coefficient (Wildman–Crippen LogP) is 2.85. The molecule has 0 aliphatic heterocycles. The van der Waals surface area contributed by atoms with Gasteiger partial charge in [0.15, 0.2) is 0 Å². The van der Waals surface area contributed by atoms with Gasteiger partial charge < -0.3 is 15.0 Å². The Balaban J connectivity index is 2.16. The summed E-state index contributed by atoms with van der Waals surface area (Å²) >= 11 is 1.29. The summed E-state index contributed by atoms with van der Waals surface area (Å²) in [5.74, 6) is -0.703. The molecule has 2 rings (SSSR count). The molecule has 116 valence electrons. The fourth-order valence-corrected chi connectivity index (χ4v) is 2.80. The first kappa shape index (κ1) is 16.2. The van der Waals surface area contributed by atoms with Crippen LogP contribution in [0.1, 0.15) is 26.3 Å². The molecule has 0 aliphatic rings. The molecular formula is C16H18N2O3S. The van der Waals surface area contributed by atoms with Gasteiger partial charge in [0.05, 0.1) is 12.7 Å². The molecule has 0 unspecified atom stereocenters. The first-order valence-electron chi connectivity index (χ1n) is 6.72. The van der Waals surface area contributed by atoms with Crippen molar-refractivity contribution in [2.24, 2.45) is 0 Å². The molecule has 0 saturated carbocycles. The summed E-state index contributed by atoms with van der Waals surface area (Å²) in [6.07, 6.45) is 0. The van der Waals surface area contributed by atoms with Crippen LogP contribution in [-0.2, 0) is 11.3 Å². The van der Waals surface area contributed by atoms with Crippen molar-refractivity contribution in [3.63, 3.8) is 0 Å². The lowest BCUT2D eigenvalue weighted by Gasteiger charge is -2.11. The van der Waals surface area contributed by atoms with Crippen molar-refractivity contribution in [1.82, 2.24) is 4.90 Å². The molecule has 1 N–H and O–H groups in total. The summed E-state index contributed by atoms with van der Waals surface area (Å²) < 4.78 is 4.70. The van der Waals surface area contributed by atoms with Gasteiger partial charge in [0.2, 0.25) is 0 Å². The highest BCUT2D eigenvalue weighted by atomic mass is 32.1. The molecule has 0 aliphatic carbocycles. The molecule has 1 aromatic heterocycles. The minimum atomic E-state index is -0.460. The molecular weight excluding hydrogens is 300 g/mol. The number of thiophene rings is 1. The third-order valence-corrected chi connectivity index (χ3v) is 3.82. The molecule has 1 amide bonds. The van der Waals surface area contributed by atoms with Gasteiger partial charge in [-0.3, -0.25) is 4.79 Å². The average molecular weight is 318 g/mol. The van der Waals surface area contributed by atoms with Crippen LogP contribution in [0.15, 0.2) is 35.7 Å². The minimum Gasteiger partial charge on any atom is -0.465 e. The summed E-state index contributed by atoms with van der Waals surface area (Å²) in [5, 5.41) is 5.00. The van der Waals surface area contributed by atoms with E-state index in [1.165, 1.54) is 18.4 Å². The van der Waals surface area contributed by atoms with E-state index in [4.69, 9.17) is 4.74 Å². The van der Waals surface area contributed by atoms with E-state index < -0.39 is 5.97 Å². The number of benzene rings is 1. The van der Waals surface area contributed by atoms with Gasteiger partial charge in [0, 0.05) is 12.1 Å². The van der Waals surface area contributed by atoms with Crippen LogP contribution in [0.5, 0.6) is 0 Å². The lowest BCUT2D eigenvalue weighted by Crippen LogP contribution is -2.15. The molecule has 6 heteroatoms. The summed E-state index contributed by atoms with van der Waals surface area (Å²) in [5.41, 5.74) is 1.98. The van der Waals surface area contributed by atoms with Crippen molar-refractivity contribution < 1.29 is 14.3 Å². The predicted molar refractivity (Wildman–Crippen MR) is 87.4 cm³/mol. The maximum atomic E-state index is 12.3.